The molecule has 0 amide bonds. The number of nitrogens with one attached hydrogen (secondary N) is 2. The highest BCUT2D eigenvalue weighted by molar-refractivity contribution is 5.90. The molecule has 0 radical (unpaired) electrons. The van der Waals surface area contributed by atoms with Crippen LogP contribution >= 0.6 is 0 Å². The molecule has 1 aromatic carbocycles. The van der Waals surface area contributed by atoms with Crippen LogP contribution in [0.25, 0.3) is 22.3 Å². The van der Waals surface area contributed by atoms with Gasteiger partial charge < -0.3 is 15.2 Å². The van der Waals surface area contributed by atoms with Crippen molar-refractivity contribution < 1.29 is 0 Å². The zero-order valence-electron chi connectivity index (χ0n) is 18.0. The van der Waals surface area contributed by atoms with Crippen LogP contribution in [0.1, 0.15) is 11.1 Å². The summed E-state index contributed by atoms with van der Waals surface area (Å²) in [4.78, 5) is 22.0. The predicted octanol–water partition coefficient (Wildman–Crippen LogP) is 3.82. The Hall–Kier alpha value is -3.29. The molecule has 1 aliphatic rings. The first-order valence-electron chi connectivity index (χ1n) is 10.7. The third kappa shape index (κ3) is 4.28. The molecule has 3 aromatic heterocycles. The number of aromatic amines is 1. The van der Waals surface area contributed by atoms with Crippen LogP contribution in [0.5, 0.6) is 0 Å². The molecule has 31 heavy (non-hydrogen) atoms. The zero-order chi connectivity index (χ0) is 21.2. The largest absolute Gasteiger partial charge is 0.358 e. The number of nitrogens with zero attached hydrogens (tertiary/aromatic N) is 5. The van der Waals surface area contributed by atoms with Gasteiger partial charge in [0.2, 0.25) is 5.95 Å². The Kier molecular flexibility index (Phi) is 5.36. The van der Waals surface area contributed by atoms with Gasteiger partial charge in [-0.1, -0.05) is 12.1 Å². The van der Waals surface area contributed by atoms with E-state index >= 15 is 0 Å². The molecule has 0 atom stereocenters. The molecular weight excluding hydrogens is 386 g/mol. The van der Waals surface area contributed by atoms with Gasteiger partial charge in [-0.25, -0.2) is 9.97 Å². The number of benzene rings is 1. The maximum absolute atomic E-state index is 4.85. The smallest absolute Gasteiger partial charge is 0.228 e. The van der Waals surface area contributed by atoms with Gasteiger partial charge in [0.25, 0.3) is 0 Å². The lowest BCUT2D eigenvalue weighted by atomic mass is 10.1. The SMILES string of the molecule is Cc1ccc(CN2CCN(C)CC2)c(Nc2nc(-c3cccnc3)c3[nH]ccc3n2)c1. The second-order valence-electron chi connectivity index (χ2n) is 8.24. The summed E-state index contributed by atoms with van der Waals surface area (Å²) in [5.41, 5.74) is 7.13. The van der Waals surface area contributed by atoms with Gasteiger partial charge in [-0.15, -0.1) is 0 Å². The lowest BCUT2D eigenvalue weighted by Crippen LogP contribution is -2.43. The van der Waals surface area contributed by atoms with Crippen LogP contribution in [-0.4, -0.2) is 63.0 Å². The van der Waals surface area contributed by atoms with Gasteiger partial charge in [0.15, 0.2) is 0 Å². The highest BCUT2D eigenvalue weighted by Crippen LogP contribution is 2.28. The van der Waals surface area contributed by atoms with Crippen molar-refractivity contribution in [2.75, 3.05) is 38.5 Å². The number of fused-ring (bicyclic) bond motifs is 1. The van der Waals surface area contributed by atoms with Crippen molar-refractivity contribution in [2.45, 2.75) is 13.5 Å². The van der Waals surface area contributed by atoms with Crippen molar-refractivity contribution >= 4 is 22.7 Å². The van der Waals surface area contributed by atoms with Crippen LogP contribution in [0.4, 0.5) is 11.6 Å². The average molecular weight is 414 g/mol. The van der Waals surface area contributed by atoms with E-state index in [0.717, 1.165) is 60.7 Å². The standard InChI is InChI=1S/C24H27N7/c1-17-5-6-19(16-31-12-10-30(2)11-13-31)21(14-17)28-24-27-20-7-9-26-23(20)22(29-24)18-4-3-8-25-15-18/h3-9,14-15,26H,10-13,16H2,1-2H3,(H,27,28,29). The van der Waals surface area contributed by atoms with Crippen molar-refractivity contribution in [3.8, 4) is 11.3 Å². The number of H-pyrrole nitrogens is 1. The molecule has 0 spiro atoms. The molecule has 7 nitrogen and oxygen atoms in total. The normalized spacial score (nSPS) is 15.4. The number of anilines is 2. The summed E-state index contributed by atoms with van der Waals surface area (Å²) in [6.45, 7) is 7.41. The minimum absolute atomic E-state index is 0.594. The summed E-state index contributed by atoms with van der Waals surface area (Å²) in [5, 5.41) is 3.51. The topological polar surface area (TPSA) is 73.0 Å². The molecule has 1 aliphatic heterocycles. The lowest BCUT2D eigenvalue weighted by Gasteiger charge is -2.32. The Balaban J connectivity index is 1.48. The molecule has 4 heterocycles. The van der Waals surface area contributed by atoms with Gasteiger partial charge in [-0.05, 0) is 49.4 Å². The van der Waals surface area contributed by atoms with Crippen molar-refractivity contribution in [3.63, 3.8) is 0 Å². The Bertz CT molecular complexity index is 1180. The first-order chi connectivity index (χ1) is 15.2. The fourth-order valence-corrected chi connectivity index (χ4v) is 4.02. The third-order valence-electron chi connectivity index (χ3n) is 5.84. The molecule has 7 heteroatoms. The number of aryl methyl sites for hydroxylation is 1. The Morgan fingerprint density at radius 2 is 1.94 bits per heavy atom. The summed E-state index contributed by atoms with van der Waals surface area (Å²) in [6.07, 6.45) is 5.50. The molecule has 0 bridgehead atoms. The van der Waals surface area contributed by atoms with E-state index in [4.69, 9.17) is 9.97 Å². The van der Waals surface area contributed by atoms with Gasteiger partial charge in [-0.2, -0.15) is 0 Å². The first-order valence-corrected chi connectivity index (χ1v) is 10.7. The quantitative estimate of drug-likeness (QED) is 0.518. The summed E-state index contributed by atoms with van der Waals surface area (Å²) in [6, 6.07) is 12.5. The molecule has 1 saturated heterocycles. The Morgan fingerprint density at radius 1 is 1.06 bits per heavy atom. The van der Waals surface area contributed by atoms with Gasteiger partial charge >= 0.3 is 0 Å². The molecule has 158 valence electrons. The number of likely N-dealkylation sites (N-methyl/N-ethyl adjacent to an activating group) is 1. The Morgan fingerprint density at radius 3 is 2.74 bits per heavy atom. The minimum Gasteiger partial charge on any atom is -0.358 e. The van der Waals surface area contributed by atoms with E-state index in [1.165, 1.54) is 11.1 Å². The van der Waals surface area contributed by atoms with E-state index in [1.807, 2.05) is 30.6 Å². The molecule has 5 rings (SSSR count). The number of aromatic nitrogens is 4. The monoisotopic (exact) mass is 413 g/mol. The molecular formula is C24H27N7. The van der Waals surface area contributed by atoms with E-state index in [1.54, 1.807) is 6.20 Å². The molecule has 0 aliphatic carbocycles. The predicted molar refractivity (Wildman–Crippen MR) is 124 cm³/mol. The highest BCUT2D eigenvalue weighted by Gasteiger charge is 2.17. The van der Waals surface area contributed by atoms with Crippen LogP contribution in [0.15, 0.2) is 55.0 Å². The van der Waals surface area contributed by atoms with Crippen LogP contribution in [0.2, 0.25) is 0 Å². The van der Waals surface area contributed by atoms with Gasteiger partial charge in [0.1, 0.15) is 5.69 Å². The number of hydrogen-bond acceptors (Lipinski definition) is 6. The van der Waals surface area contributed by atoms with E-state index in [0.29, 0.717) is 5.95 Å². The van der Waals surface area contributed by atoms with Crippen LogP contribution < -0.4 is 5.32 Å². The number of pyridine rings is 1. The van der Waals surface area contributed by atoms with Crippen molar-refractivity contribution in [3.05, 3.63) is 66.1 Å². The molecule has 0 saturated carbocycles. The van der Waals surface area contributed by atoms with Crippen LogP contribution in [-0.2, 0) is 6.54 Å². The molecule has 4 aromatic rings. The summed E-state index contributed by atoms with van der Waals surface area (Å²) in [5.74, 6) is 0.594. The summed E-state index contributed by atoms with van der Waals surface area (Å²) >= 11 is 0. The third-order valence-corrected chi connectivity index (χ3v) is 5.84. The fraction of sp³-hybridized carbons (Fsp3) is 0.292. The number of rotatable bonds is 5. The molecule has 2 N–H and O–H groups in total. The molecule has 1 fully saturated rings. The first kappa shape index (κ1) is 19.7. The second-order valence-corrected chi connectivity index (χ2v) is 8.24. The van der Waals surface area contributed by atoms with Gasteiger partial charge in [0, 0.05) is 62.6 Å². The van der Waals surface area contributed by atoms with Gasteiger partial charge in [-0.3, -0.25) is 9.88 Å². The number of piperazine rings is 1. The maximum atomic E-state index is 4.85. The minimum atomic E-state index is 0.594. The van der Waals surface area contributed by atoms with Crippen molar-refractivity contribution in [2.24, 2.45) is 0 Å². The van der Waals surface area contributed by atoms with Crippen molar-refractivity contribution in [1.29, 1.82) is 0 Å². The lowest BCUT2D eigenvalue weighted by molar-refractivity contribution is 0.148. The van der Waals surface area contributed by atoms with Crippen LogP contribution in [0, 0.1) is 6.92 Å². The van der Waals surface area contributed by atoms with Crippen molar-refractivity contribution in [1.82, 2.24) is 29.7 Å². The average Bonchev–Trinajstić information content (AvgIpc) is 3.26. The van der Waals surface area contributed by atoms with Crippen LogP contribution in [0.3, 0.4) is 0 Å². The van der Waals surface area contributed by atoms with Gasteiger partial charge in [0.05, 0.1) is 11.0 Å². The summed E-state index contributed by atoms with van der Waals surface area (Å²) in [7, 11) is 2.19. The fourth-order valence-electron chi connectivity index (χ4n) is 4.02. The summed E-state index contributed by atoms with van der Waals surface area (Å²) < 4.78 is 0. The van der Waals surface area contributed by atoms with E-state index in [2.05, 4.69) is 57.3 Å². The van der Waals surface area contributed by atoms with E-state index in [9.17, 15) is 0 Å². The second kappa shape index (κ2) is 8.45. The molecule has 0 unspecified atom stereocenters. The maximum Gasteiger partial charge on any atom is 0.228 e. The zero-order valence-corrected chi connectivity index (χ0v) is 18.0. The highest BCUT2D eigenvalue weighted by atomic mass is 15.2. The van der Waals surface area contributed by atoms with E-state index < -0.39 is 0 Å². The van der Waals surface area contributed by atoms with E-state index in [-0.39, 0.29) is 0 Å². The number of hydrogen-bond donors (Lipinski definition) is 2. The Labute approximate surface area is 182 Å².